The normalized spacial score (nSPS) is 30.5. The number of nitrogens with zero attached hydrogens (tertiary/aromatic N) is 4. The molecular weight excluding hydrogens is 402 g/mol. The Morgan fingerprint density at radius 3 is 2.72 bits per heavy atom. The number of hydrogen-bond acceptors (Lipinski definition) is 5. The summed E-state index contributed by atoms with van der Waals surface area (Å²) >= 11 is 0. The van der Waals surface area contributed by atoms with Crippen molar-refractivity contribution in [3.8, 4) is 0 Å². The predicted molar refractivity (Wildman–Crippen MR) is 121 cm³/mol. The number of fused-ring (bicyclic) bond motifs is 4. The number of nitrogens with one attached hydrogen (secondary N) is 1. The van der Waals surface area contributed by atoms with Crippen LogP contribution in [-0.2, 0) is 16.1 Å². The number of aromatic nitrogens is 2. The monoisotopic (exact) mass is 437 g/mol. The first-order valence-corrected chi connectivity index (χ1v) is 12.3. The molecule has 1 aromatic heterocycles. The molecule has 172 valence electrons. The highest BCUT2D eigenvalue weighted by molar-refractivity contribution is 5.89. The maximum absolute atomic E-state index is 13.5. The first kappa shape index (κ1) is 21.6. The summed E-state index contributed by atoms with van der Waals surface area (Å²) in [4.78, 5) is 39.6. The van der Waals surface area contributed by atoms with Gasteiger partial charge < -0.3 is 10.2 Å². The fraction of sp³-hybridized carbons (Fsp3) is 0.680. The lowest BCUT2D eigenvalue weighted by molar-refractivity contribution is -0.160. The molecule has 0 aromatic carbocycles. The predicted octanol–water partition coefficient (Wildman–Crippen LogP) is 2.60. The Balaban J connectivity index is 1.33. The fourth-order valence-electron chi connectivity index (χ4n) is 6.35. The van der Waals surface area contributed by atoms with E-state index in [2.05, 4.69) is 26.3 Å². The molecule has 2 bridgehead atoms. The van der Waals surface area contributed by atoms with Crippen molar-refractivity contribution < 1.29 is 9.59 Å². The van der Waals surface area contributed by atoms with Crippen molar-refractivity contribution in [1.82, 2.24) is 25.1 Å². The second-order valence-electron chi connectivity index (χ2n) is 10.1. The smallest absolute Gasteiger partial charge is 0.243 e. The summed E-state index contributed by atoms with van der Waals surface area (Å²) in [6.45, 7) is 5.13. The van der Waals surface area contributed by atoms with Gasteiger partial charge in [0, 0.05) is 62.5 Å². The van der Waals surface area contributed by atoms with Crippen LogP contribution in [0, 0.1) is 18.8 Å². The number of rotatable bonds is 5. The summed E-state index contributed by atoms with van der Waals surface area (Å²) in [6, 6.07) is -0.153. The van der Waals surface area contributed by atoms with Crippen LogP contribution in [-0.4, -0.2) is 63.3 Å². The van der Waals surface area contributed by atoms with E-state index < -0.39 is 0 Å². The van der Waals surface area contributed by atoms with Crippen molar-refractivity contribution in [2.75, 3.05) is 19.6 Å². The van der Waals surface area contributed by atoms with Gasteiger partial charge in [-0.2, -0.15) is 0 Å². The van der Waals surface area contributed by atoms with Gasteiger partial charge >= 0.3 is 0 Å². The highest BCUT2D eigenvalue weighted by Gasteiger charge is 2.51. The molecule has 5 rings (SSSR count). The summed E-state index contributed by atoms with van der Waals surface area (Å²) in [7, 11) is 0. The summed E-state index contributed by atoms with van der Waals surface area (Å²) in [5.74, 6) is 1.62. The van der Waals surface area contributed by atoms with Crippen LogP contribution in [0.1, 0.15) is 62.8 Å². The molecule has 1 aliphatic carbocycles. The molecule has 3 fully saturated rings. The summed E-state index contributed by atoms with van der Waals surface area (Å²) < 4.78 is 0. The Labute approximate surface area is 190 Å². The second kappa shape index (κ2) is 9.30. The number of amides is 2. The largest absolute Gasteiger partial charge is 0.351 e. The van der Waals surface area contributed by atoms with E-state index in [0.29, 0.717) is 18.9 Å². The number of allylic oxidation sites excluding steroid dienone is 1. The minimum Gasteiger partial charge on any atom is -0.351 e. The van der Waals surface area contributed by atoms with Crippen molar-refractivity contribution in [2.24, 2.45) is 11.8 Å². The topological polar surface area (TPSA) is 78.4 Å². The number of piperidine rings is 3. The van der Waals surface area contributed by atoms with Crippen LogP contribution in [0.4, 0.5) is 0 Å². The van der Waals surface area contributed by atoms with Crippen LogP contribution in [0.15, 0.2) is 24.0 Å². The Bertz CT molecular complexity index is 883. The van der Waals surface area contributed by atoms with Crippen molar-refractivity contribution in [2.45, 2.75) is 76.9 Å². The molecule has 4 atom stereocenters. The molecule has 0 spiro atoms. The highest BCUT2D eigenvalue weighted by atomic mass is 16.2. The van der Waals surface area contributed by atoms with Gasteiger partial charge in [0.1, 0.15) is 11.9 Å². The number of likely N-dealkylation sites (tertiary alicyclic amines) is 1. The molecule has 7 nitrogen and oxygen atoms in total. The highest BCUT2D eigenvalue weighted by Crippen LogP contribution is 2.42. The third kappa shape index (κ3) is 4.45. The van der Waals surface area contributed by atoms with Gasteiger partial charge in [-0.3, -0.25) is 14.5 Å². The zero-order valence-electron chi connectivity index (χ0n) is 19.1. The summed E-state index contributed by atoms with van der Waals surface area (Å²) in [5.41, 5.74) is 2.45. The molecule has 1 N–H and O–H groups in total. The van der Waals surface area contributed by atoms with Gasteiger partial charge in [0.2, 0.25) is 11.8 Å². The van der Waals surface area contributed by atoms with Crippen LogP contribution in [0.25, 0.3) is 0 Å². The molecule has 32 heavy (non-hydrogen) atoms. The van der Waals surface area contributed by atoms with Gasteiger partial charge in [-0.05, 0) is 57.8 Å². The zero-order chi connectivity index (χ0) is 22.1. The second-order valence-corrected chi connectivity index (χ2v) is 10.1. The van der Waals surface area contributed by atoms with Gasteiger partial charge in [-0.15, -0.1) is 0 Å². The number of hydrogen-bond donors (Lipinski definition) is 1. The summed E-state index contributed by atoms with van der Waals surface area (Å²) in [6.07, 6.45) is 14.3. The fourth-order valence-corrected chi connectivity index (χ4v) is 6.35. The number of carbonyl (C=O) groups is 2. The van der Waals surface area contributed by atoms with Gasteiger partial charge in [-0.25, -0.2) is 9.97 Å². The van der Waals surface area contributed by atoms with Crippen LogP contribution >= 0.6 is 0 Å². The van der Waals surface area contributed by atoms with Crippen LogP contribution in [0.2, 0.25) is 0 Å². The minimum atomic E-state index is -0.342. The van der Waals surface area contributed by atoms with E-state index in [1.165, 1.54) is 18.4 Å². The van der Waals surface area contributed by atoms with E-state index >= 15 is 0 Å². The molecule has 3 aliphatic heterocycles. The van der Waals surface area contributed by atoms with E-state index in [-0.39, 0.29) is 29.8 Å². The molecule has 0 saturated carbocycles. The number of carbonyl (C=O) groups excluding carboxylic acids is 2. The standard InChI is InChI=1S/C25H35N5O2/c1-17-26-12-19(13-27-17)14-29-15-20-10-21(16-29)24(30-22(20)8-5-9-23(30)31)25(32)28-11-18-6-3-2-4-7-18/h6,12-13,20-22,24H,2-5,7-11,14-16H2,1H3,(H,28,32)/t20-,21+,22+,24-/m1/s1. The SMILES string of the molecule is Cc1ncc(CN2C[C@H]3C[C@@H](C2)[C@H](C(=O)NCC2=CCCCC2)N2C(=O)CCC[C@@H]32)cn1. The lowest BCUT2D eigenvalue weighted by Crippen LogP contribution is -2.68. The molecule has 4 heterocycles. The quantitative estimate of drug-likeness (QED) is 0.717. The molecular formula is C25H35N5O2. The van der Waals surface area contributed by atoms with Gasteiger partial charge in [0.05, 0.1) is 0 Å². The molecule has 2 amide bonds. The van der Waals surface area contributed by atoms with Crippen LogP contribution < -0.4 is 5.32 Å². The van der Waals surface area contributed by atoms with E-state index in [1.54, 1.807) is 0 Å². The third-order valence-corrected chi connectivity index (χ3v) is 7.80. The molecule has 7 heteroatoms. The van der Waals surface area contributed by atoms with E-state index in [0.717, 1.165) is 63.1 Å². The summed E-state index contributed by atoms with van der Waals surface area (Å²) in [5, 5.41) is 3.21. The molecule has 1 aromatic rings. The Kier molecular flexibility index (Phi) is 6.26. The molecule has 0 unspecified atom stereocenters. The van der Waals surface area contributed by atoms with Crippen molar-refractivity contribution in [3.63, 3.8) is 0 Å². The molecule has 3 saturated heterocycles. The van der Waals surface area contributed by atoms with Crippen LogP contribution in [0.3, 0.4) is 0 Å². The van der Waals surface area contributed by atoms with E-state index in [9.17, 15) is 9.59 Å². The Morgan fingerprint density at radius 2 is 1.94 bits per heavy atom. The van der Waals surface area contributed by atoms with E-state index in [4.69, 9.17) is 0 Å². The van der Waals surface area contributed by atoms with Gasteiger partial charge in [-0.1, -0.05) is 11.6 Å². The van der Waals surface area contributed by atoms with Crippen molar-refractivity contribution in [1.29, 1.82) is 0 Å². The maximum Gasteiger partial charge on any atom is 0.243 e. The first-order valence-electron chi connectivity index (χ1n) is 12.3. The zero-order valence-corrected chi connectivity index (χ0v) is 19.1. The molecule has 0 radical (unpaired) electrons. The first-order chi connectivity index (χ1) is 15.6. The van der Waals surface area contributed by atoms with Crippen molar-refractivity contribution >= 4 is 11.8 Å². The van der Waals surface area contributed by atoms with Crippen LogP contribution in [0.5, 0.6) is 0 Å². The van der Waals surface area contributed by atoms with E-state index in [1.807, 2.05) is 24.2 Å². The molecule has 4 aliphatic rings. The maximum atomic E-state index is 13.5. The van der Waals surface area contributed by atoms with Gasteiger partial charge in [0.15, 0.2) is 0 Å². The van der Waals surface area contributed by atoms with Gasteiger partial charge in [0.25, 0.3) is 0 Å². The Hall–Kier alpha value is -2.28. The Morgan fingerprint density at radius 1 is 1.12 bits per heavy atom. The van der Waals surface area contributed by atoms with Crippen molar-refractivity contribution in [3.05, 3.63) is 35.4 Å². The lowest BCUT2D eigenvalue weighted by Gasteiger charge is -2.55. The average Bonchev–Trinajstić information content (AvgIpc) is 2.80. The average molecular weight is 438 g/mol. The lowest BCUT2D eigenvalue weighted by atomic mass is 9.71. The minimum absolute atomic E-state index is 0.0423. The number of aryl methyl sites for hydroxylation is 1. The third-order valence-electron chi connectivity index (χ3n) is 7.80.